The van der Waals surface area contributed by atoms with Crippen LogP contribution in [0.4, 0.5) is 21.5 Å². The summed E-state index contributed by atoms with van der Waals surface area (Å²) in [6.07, 6.45) is 1.46. The summed E-state index contributed by atoms with van der Waals surface area (Å²) in [6.45, 7) is 1.70. The zero-order valence-corrected chi connectivity index (χ0v) is 13.7. The Morgan fingerprint density at radius 1 is 1.23 bits per heavy atom. The standard InChI is InChI=1S/C18H14FN3O4/c1-2-26-18(23)11-5-3-8-15(17(11)22(24)25)21-14-9-10-20-13-7-4-6-12(19)16(13)14/h3-10H,2H2,1H3,(H,20,21). The number of halogens is 1. The molecule has 3 aromatic rings. The summed E-state index contributed by atoms with van der Waals surface area (Å²) in [7, 11) is 0. The zero-order chi connectivity index (χ0) is 18.7. The van der Waals surface area contributed by atoms with E-state index < -0.39 is 22.4 Å². The monoisotopic (exact) mass is 355 g/mol. The second-order valence-corrected chi connectivity index (χ2v) is 5.30. The number of nitro groups is 1. The Morgan fingerprint density at radius 2 is 2.00 bits per heavy atom. The summed E-state index contributed by atoms with van der Waals surface area (Å²) in [5.74, 6) is -1.31. The quantitative estimate of drug-likeness (QED) is 0.419. The number of nitrogens with zero attached hydrogens (tertiary/aromatic N) is 2. The average molecular weight is 355 g/mol. The topological polar surface area (TPSA) is 94.4 Å². The van der Waals surface area contributed by atoms with Crippen molar-refractivity contribution >= 4 is 33.9 Å². The van der Waals surface area contributed by atoms with Crippen LogP contribution in [0.5, 0.6) is 0 Å². The number of nitrogens with one attached hydrogen (secondary N) is 1. The van der Waals surface area contributed by atoms with Gasteiger partial charge in [0.1, 0.15) is 17.1 Å². The van der Waals surface area contributed by atoms with E-state index in [4.69, 9.17) is 4.74 Å². The van der Waals surface area contributed by atoms with E-state index in [-0.39, 0.29) is 23.2 Å². The first-order chi connectivity index (χ1) is 12.5. The highest BCUT2D eigenvalue weighted by Gasteiger charge is 2.26. The van der Waals surface area contributed by atoms with Gasteiger partial charge in [0.05, 0.1) is 28.1 Å². The molecule has 132 valence electrons. The summed E-state index contributed by atoms with van der Waals surface area (Å²) in [5, 5.41) is 14.6. The van der Waals surface area contributed by atoms with Gasteiger partial charge in [-0.3, -0.25) is 15.1 Å². The molecule has 0 aliphatic rings. The van der Waals surface area contributed by atoms with Crippen molar-refractivity contribution in [3.63, 3.8) is 0 Å². The lowest BCUT2D eigenvalue weighted by atomic mass is 10.1. The number of hydrogen-bond acceptors (Lipinski definition) is 6. The summed E-state index contributed by atoms with van der Waals surface area (Å²) >= 11 is 0. The van der Waals surface area contributed by atoms with Crippen molar-refractivity contribution in [3.05, 3.63) is 70.2 Å². The Hall–Kier alpha value is -3.55. The Morgan fingerprint density at radius 3 is 2.73 bits per heavy atom. The zero-order valence-electron chi connectivity index (χ0n) is 13.7. The molecule has 7 nitrogen and oxygen atoms in total. The molecule has 0 atom stereocenters. The van der Waals surface area contributed by atoms with E-state index in [0.717, 1.165) is 0 Å². The van der Waals surface area contributed by atoms with Gasteiger partial charge in [-0.05, 0) is 37.3 Å². The van der Waals surface area contributed by atoms with E-state index in [1.807, 2.05) is 0 Å². The van der Waals surface area contributed by atoms with E-state index in [9.17, 15) is 19.3 Å². The molecule has 1 heterocycles. The highest BCUT2D eigenvalue weighted by atomic mass is 19.1. The Balaban J connectivity index is 2.13. The predicted octanol–water partition coefficient (Wildman–Crippen LogP) is 4.20. The van der Waals surface area contributed by atoms with Crippen molar-refractivity contribution in [3.8, 4) is 0 Å². The molecule has 0 radical (unpaired) electrons. The van der Waals surface area contributed by atoms with Crippen molar-refractivity contribution in [2.45, 2.75) is 6.92 Å². The molecule has 0 bridgehead atoms. The number of carbonyl (C=O) groups excluding carboxylic acids is 1. The van der Waals surface area contributed by atoms with Gasteiger partial charge < -0.3 is 10.1 Å². The van der Waals surface area contributed by atoms with E-state index in [0.29, 0.717) is 11.2 Å². The molecular formula is C18H14FN3O4. The molecule has 0 unspecified atom stereocenters. The van der Waals surface area contributed by atoms with Crippen LogP contribution in [0.3, 0.4) is 0 Å². The molecule has 1 aromatic heterocycles. The Labute approximate surface area is 147 Å². The summed E-state index contributed by atoms with van der Waals surface area (Å²) in [6, 6.07) is 10.2. The summed E-state index contributed by atoms with van der Waals surface area (Å²) in [4.78, 5) is 27.0. The number of benzene rings is 2. The molecular weight excluding hydrogens is 341 g/mol. The highest BCUT2D eigenvalue weighted by molar-refractivity contribution is 5.99. The van der Waals surface area contributed by atoms with E-state index in [1.165, 1.54) is 42.6 Å². The average Bonchev–Trinajstić information content (AvgIpc) is 2.62. The number of anilines is 2. The van der Waals surface area contributed by atoms with Crippen LogP contribution in [0.2, 0.25) is 0 Å². The van der Waals surface area contributed by atoms with Crippen LogP contribution in [-0.2, 0) is 4.74 Å². The van der Waals surface area contributed by atoms with Gasteiger partial charge in [0.15, 0.2) is 0 Å². The highest BCUT2D eigenvalue weighted by Crippen LogP contribution is 2.34. The molecule has 0 spiro atoms. The molecule has 3 rings (SSSR count). The van der Waals surface area contributed by atoms with Crippen molar-refractivity contribution in [2.75, 3.05) is 11.9 Å². The second kappa shape index (κ2) is 7.14. The maximum Gasteiger partial charge on any atom is 0.345 e. The minimum absolute atomic E-state index is 0.0521. The number of esters is 1. The van der Waals surface area contributed by atoms with Gasteiger partial charge in [-0.2, -0.15) is 0 Å². The van der Waals surface area contributed by atoms with Gasteiger partial charge in [-0.1, -0.05) is 12.1 Å². The largest absolute Gasteiger partial charge is 0.462 e. The smallest absolute Gasteiger partial charge is 0.345 e. The summed E-state index contributed by atoms with van der Waals surface area (Å²) < 4.78 is 19.1. The first-order valence-corrected chi connectivity index (χ1v) is 7.77. The fraction of sp³-hybridized carbons (Fsp3) is 0.111. The number of pyridine rings is 1. The van der Waals surface area contributed by atoms with E-state index >= 15 is 0 Å². The van der Waals surface area contributed by atoms with Crippen LogP contribution in [0.1, 0.15) is 17.3 Å². The molecule has 0 saturated carbocycles. The van der Waals surface area contributed by atoms with Crippen molar-refractivity contribution < 1.29 is 18.8 Å². The first-order valence-electron chi connectivity index (χ1n) is 7.77. The molecule has 0 fully saturated rings. The molecule has 2 aromatic carbocycles. The molecule has 8 heteroatoms. The third-order valence-corrected chi connectivity index (χ3v) is 3.70. The summed E-state index contributed by atoms with van der Waals surface area (Å²) in [5.41, 5.74) is 0.139. The van der Waals surface area contributed by atoms with Crippen LogP contribution < -0.4 is 5.32 Å². The van der Waals surface area contributed by atoms with Gasteiger partial charge in [-0.15, -0.1) is 0 Å². The molecule has 0 amide bonds. The van der Waals surface area contributed by atoms with Gasteiger partial charge in [0.2, 0.25) is 0 Å². The van der Waals surface area contributed by atoms with E-state index in [2.05, 4.69) is 10.3 Å². The normalized spacial score (nSPS) is 10.5. The maximum absolute atomic E-state index is 14.2. The molecule has 0 saturated heterocycles. The molecule has 0 aliphatic heterocycles. The van der Waals surface area contributed by atoms with Crippen LogP contribution in [0.25, 0.3) is 10.9 Å². The lowest BCUT2D eigenvalue weighted by molar-refractivity contribution is -0.384. The number of nitro benzene ring substituents is 1. The number of carbonyl (C=O) groups is 1. The molecule has 26 heavy (non-hydrogen) atoms. The van der Waals surface area contributed by atoms with Crippen LogP contribution >= 0.6 is 0 Å². The van der Waals surface area contributed by atoms with Gasteiger partial charge >= 0.3 is 11.7 Å². The fourth-order valence-electron chi connectivity index (χ4n) is 2.63. The lowest BCUT2D eigenvalue weighted by Gasteiger charge is -2.12. The fourth-order valence-corrected chi connectivity index (χ4v) is 2.63. The Kier molecular flexibility index (Phi) is 4.74. The molecule has 0 aliphatic carbocycles. The van der Waals surface area contributed by atoms with Gasteiger partial charge in [0, 0.05) is 6.20 Å². The second-order valence-electron chi connectivity index (χ2n) is 5.30. The first kappa shape index (κ1) is 17.3. The number of aromatic nitrogens is 1. The SMILES string of the molecule is CCOC(=O)c1cccc(Nc2ccnc3cccc(F)c23)c1[N+](=O)[O-]. The van der Waals surface area contributed by atoms with E-state index in [1.54, 1.807) is 13.0 Å². The third-order valence-electron chi connectivity index (χ3n) is 3.70. The predicted molar refractivity (Wildman–Crippen MR) is 94.0 cm³/mol. The third kappa shape index (κ3) is 3.16. The van der Waals surface area contributed by atoms with Crippen LogP contribution in [0, 0.1) is 15.9 Å². The maximum atomic E-state index is 14.2. The van der Waals surface area contributed by atoms with Crippen molar-refractivity contribution in [2.24, 2.45) is 0 Å². The van der Waals surface area contributed by atoms with Crippen molar-refractivity contribution in [1.29, 1.82) is 0 Å². The van der Waals surface area contributed by atoms with Crippen LogP contribution in [0.15, 0.2) is 48.7 Å². The number of hydrogen-bond donors (Lipinski definition) is 1. The van der Waals surface area contributed by atoms with Gasteiger partial charge in [0.25, 0.3) is 0 Å². The lowest BCUT2D eigenvalue weighted by Crippen LogP contribution is -2.09. The number of fused-ring (bicyclic) bond motifs is 1. The minimum Gasteiger partial charge on any atom is -0.462 e. The number of rotatable bonds is 5. The molecule has 1 N–H and O–H groups in total. The number of ether oxygens (including phenoxy) is 1. The number of para-hydroxylation sites is 1. The Bertz CT molecular complexity index is 1000. The van der Waals surface area contributed by atoms with Crippen LogP contribution in [-0.4, -0.2) is 22.5 Å². The van der Waals surface area contributed by atoms with Crippen molar-refractivity contribution in [1.82, 2.24) is 4.98 Å². The minimum atomic E-state index is -0.798. The van der Waals surface area contributed by atoms with Gasteiger partial charge in [-0.25, -0.2) is 9.18 Å².